The summed E-state index contributed by atoms with van der Waals surface area (Å²) in [6.07, 6.45) is 2.83. The number of hydrogen-bond donors (Lipinski definition) is 0. The Labute approximate surface area is 97.1 Å². The van der Waals surface area contributed by atoms with Crippen molar-refractivity contribution in [1.29, 1.82) is 0 Å². The van der Waals surface area contributed by atoms with Gasteiger partial charge < -0.3 is 4.98 Å². The Hall–Kier alpha value is -0.266. The molecule has 0 saturated heterocycles. The summed E-state index contributed by atoms with van der Waals surface area (Å²) >= 11 is 0. The summed E-state index contributed by atoms with van der Waals surface area (Å²) in [4.78, 5) is 4.16. The van der Waals surface area contributed by atoms with Crippen LogP contribution in [0, 0.1) is 13.1 Å². The third-order valence-corrected chi connectivity index (χ3v) is 1.78. The summed E-state index contributed by atoms with van der Waals surface area (Å²) in [5.74, 6) is 0. The van der Waals surface area contributed by atoms with E-state index >= 15 is 0 Å². The summed E-state index contributed by atoms with van der Waals surface area (Å²) in [6, 6.07) is 10.0. The van der Waals surface area contributed by atoms with E-state index in [0.29, 0.717) is 0 Å². The first kappa shape index (κ1) is 9.82. The second-order valence-electron chi connectivity index (χ2n) is 2.59. The average Bonchev–Trinajstić information content (AvgIpc) is 2.06. The van der Waals surface area contributed by atoms with Crippen molar-refractivity contribution in [2.24, 2.45) is 0 Å². The molecule has 0 saturated carbocycles. The molecule has 0 aliphatic carbocycles. The first-order valence-electron chi connectivity index (χ1n) is 3.60. The first-order valence-corrected chi connectivity index (χ1v) is 3.60. The molecular weight excluding hydrogens is 223 g/mol. The molecule has 0 amide bonds. The molecule has 2 aromatic rings. The van der Waals surface area contributed by atoms with Gasteiger partial charge in [0.05, 0.1) is 0 Å². The van der Waals surface area contributed by atoms with Crippen LogP contribution < -0.4 is 0 Å². The summed E-state index contributed by atoms with van der Waals surface area (Å²) in [5.41, 5.74) is 2.26. The van der Waals surface area contributed by atoms with Crippen molar-refractivity contribution < 1.29 is 32.7 Å². The molecule has 0 aliphatic heterocycles. The van der Waals surface area contributed by atoms with Crippen molar-refractivity contribution in [3.05, 3.63) is 42.1 Å². The van der Waals surface area contributed by atoms with Crippen molar-refractivity contribution in [2.75, 3.05) is 0 Å². The van der Waals surface area contributed by atoms with Crippen LogP contribution in [0.4, 0.5) is 0 Å². The van der Waals surface area contributed by atoms with Crippen LogP contribution in [0.5, 0.6) is 0 Å². The monoisotopic (exact) mass is 231 g/mol. The van der Waals surface area contributed by atoms with Gasteiger partial charge in [-0.3, -0.25) is 0 Å². The van der Waals surface area contributed by atoms with E-state index in [4.69, 9.17) is 0 Å². The molecule has 1 heterocycles. The van der Waals surface area contributed by atoms with Crippen LogP contribution in [0.15, 0.2) is 30.3 Å². The first-order chi connectivity index (χ1) is 5.38. The van der Waals surface area contributed by atoms with Crippen LogP contribution in [-0.4, -0.2) is 4.98 Å². The predicted octanol–water partition coefficient (Wildman–Crippen LogP) is 2.34. The van der Waals surface area contributed by atoms with Gasteiger partial charge >= 0.3 is 32.7 Å². The Morgan fingerprint density at radius 1 is 1.25 bits per heavy atom. The van der Waals surface area contributed by atoms with Gasteiger partial charge in [0.15, 0.2) is 0 Å². The Kier molecular flexibility index (Phi) is 3.36. The molecule has 1 aromatic carbocycles. The Balaban J connectivity index is 0.000000720. The van der Waals surface area contributed by atoms with E-state index in [9.17, 15) is 0 Å². The van der Waals surface area contributed by atoms with Crippen LogP contribution in [0.3, 0.4) is 0 Å². The summed E-state index contributed by atoms with van der Waals surface area (Å²) in [7, 11) is 0. The molecule has 2 rings (SSSR count). The van der Waals surface area contributed by atoms with Gasteiger partial charge in [-0.15, -0.1) is 5.39 Å². The number of hydrogen-bond acceptors (Lipinski definition) is 1. The second kappa shape index (κ2) is 4.11. The number of aryl methyl sites for hydroxylation is 1. The number of rotatable bonds is 0. The average molecular weight is 231 g/mol. The molecule has 1 aromatic heterocycles. The largest absolute Gasteiger partial charge is 3.00 e. The molecule has 54 valence electrons. The normalized spacial score (nSPS) is 9.42. The molecule has 0 bridgehead atoms. The van der Waals surface area contributed by atoms with Crippen molar-refractivity contribution in [3.63, 3.8) is 0 Å². The number of benzene rings is 1. The van der Waals surface area contributed by atoms with Gasteiger partial charge in [0.1, 0.15) is 0 Å². The van der Waals surface area contributed by atoms with Crippen molar-refractivity contribution in [2.45, 2.75) is 6.92 Å². The molecular formula is C10H8NY+2. The van der Waals surface area contributed by atoms with Crippen molar-refractivity contribution in [3.8, 4) is 0 Å². The Bertz CT molecular complexity index is 379. The maximum Gasteiger partial charge on any atom is 3.00 e. The van der Waals surface area contributed by atoms with Crippen LogP contribution in [0.1, 0.15) is 5.56 Å². The minimum atomic E-state index is 0. The van der Waals surface area contributed by atoms with E-state index in [0.717, 1.165) is 5.52 Å². The van der Waals surface area contributed by atoms with Crippen LogP contribution in [0.2, 0.25) is 0 Å². The fraction of sp³-hybridized carbons (Fsp3) is 0.100. The van der Waals surface area contributed by atoms with E-state index in [-0.39, 0.29) is 32.7 Å². The number of pyridine rings is 1. The third kappa shape index (κ3) is 1.73. The number of aromatic nitrogens is 1. The molecule has 0 radical (unpaired) electrons. The smallest absolute Gasteiger partial charge is 0.386 e. The molecule has 0 fully saturated rings. The van der Waals surface area contributed by atoms with Gasteiger partial charge in [-0.05, 0) is 12.4 Å². The zero-order valence-corrected chi connectivity index (χ0v) is 9.75. The van der Waals surface area contributed by atoms with Gasteiger partial charge in [0.2, 0.25) is 0 Å². The van der Waals surface area contributed by atoms with Gasteiger partial charge in [-0.1, -0.05) is 30.0 Å². The predicted molar refractivity (Wildman–Crippen MR) is 45.3 cm³/mol. The summed E-state index contributed by atoms with van der Waals surface area (Å²) in [5, 5.41) is 1.18. The topological polar surface area (TPSA) is 12.9 Å². The SMILES string of the molecule is Cc1cccc2cc[c-]nc12.[Y+3]. The van der Waals surface area contributed by atoms with Crippen LogP contribution in [-0.2, 0) is 32.7 Å². The maximum atomic E-state index is 4.16. The third-order valence-electron chi connectivity index (χ3n) is 1.78. The molecule has 0 aliphatic rings. The summed E-state index contributed by atoms with van der Waals surface area (Å²) < 4.78 is 0. The van der Waals surface area contributed by atoms with Gasteiger partial charge in [0.25, 0.3) is 0 Å². The quantitative estimate of drug-likeness (QED) is 0.634. The minimum absolute atomic E-state index is 0. The van der Waals surface area contributed by atoms with Crippen LogP contribution in [0.25, 0.3) is 10.9 Å². The molecule has 12 heavy (non-hydrogen) atoms. The van der Waals surface area contributed by atoms with E-state index in [1.165, 1.54) is 10.9 Å². The van der Waals surface area contributed by atoms with E-state index in [1.54, 1.807) is 0 Å². The van der Waals surface area contributed by atoms with Crippen molar-refractivity contribution in [1.82, 2.24) is 4.98 Å². The van der Waals surface area contributed by atoms with Crippen LogP contribution >= 0.6 is 0 Å². The molecule has 1 nitrogen and oxygen atoms in total. The Morgan fingerprint density at radius 2 is 2.08 bits per heavy atom. The van der Waals surface area contributed by atoms with Gasteiger partial charge in [-0.25, -0.2) is 0 Å². The fourth-order valence-corrected chi connectivity index (χ4v) is 1.20. The standard InChI is InChI=1S/C10H8N.Y/c1-8-4-2-5-9-6-3-7-11-10(8)9;/h2-6H,1H3;/q-1;+3. The molecule has 0 unspecified atom stereocenters. The molecule has 0 atom stereocenters. The molecule has 0 spiro atoms. The van der Waals surface area contributed by atoms with E-state index in [2.05, 4.69) is 30.2 Å². The van der Waals surface area contributed by atoms with Crippen molar-refractivity contribution >= 4 is 10.9 Å². The fourth-order valence-electron chi connectivity index (χ4n) is 1.20. The Morgan fingerprint density at radius 3 is 2.83 bits per heavy atom. The minimum Gasteiger partial charge on any atom is -0.386 e. The maximum absolute atomic E-state index is 4.16. The van der Waals surface area contributed by atoms with Gasteiger partial charge in [-0.2, -0.15) is 12.1 Å². The molecule has 0 N–H and O–H groups in total. The second-order valence-corrected chi connectivity index (χ2v) is 2.59. The number of para-hydroxylation sites is 1. The van der Waals surface area contributed by atoms with E-state index in [1.807, 2.05) is 18.2 Å². The number of nitrogens with zero attached hydrogens (tertiary/aromatic N) is 1. The zero-order chi connectivity index (χ0) is 7.68. The molecule has 2 heteroatoms. The number of fused-ring (bicyclic) bond motifs is 1. The van der Waals surface area contributed by atoms with E-state index < -0.39 is 0 Å². The summed E-state index contributed by atoms with van der Waals surface area (Å²) in [6.45, 7) is 2.06. The zero-order valence-electron chi connectivity index (χ0n) is 6.91. The van der Waals surface area contributed by atoms with Gasteiger partial charge in [0, 0.05) is 0 Å².